The lowest BCUT2D eigenvalue weighted by atomic mass is 10.1. The largest absolute Gasteiger partial charge is 0.478 e. The Labute approximate surface area is 159 Å². The van der Waals surface area contributed by atoms with Crippen LogP contribution < -0.4 is 11.0 Å². The van der Waals surface area contributed by atoms with Crippen LogP contribution >= 0.6 is 0 Å². The van der Waals surface area contributed by atoms with E-state index < -0.39 is 5.97 Å². The van der Waals surface area contributed by atoms with Crippen molar-refractivity contribution in [2.75, 3.05) is 0 Å². The molecule has 140 valence electrons. The first-order chi connectivity index (χ1) is 13.5. The Bertz CT molecular complexity index is 1340. The number of nitrogens with zero attached hydrogens (tertiary/aromatic N) is 3. The fourth-order valence-electron chi connectivity index (χ4n) is 3.36. The lowest BCUT2D eigenvalue weighted by Crippen LogP contribution is -2.30. The molecule has 0 radical (unpaired) electrons. The molecule has 0 spiro atoms. The molecule has 7 nitrogen and oxygen atoms in total. The summed E-state index contributed by atoms with van der Waals surface area (Å²) < 4.78 is 2.92. The zero-order valence-corrected chi connectivity index (χ0v) is 15.2. The van der Waals surface area contributed by atoms with Crippen molar-refractivity contribution < 1.29 is 9.90 Å². The first-order valence-electron chi connectivity index (χ1n) is 8.84. The van der Waals surface area contributed by atoms with Crippen LogP contribution in [-0.4, -0.2) is 25.0 Å². The molecule has 0 amide bonds. The third kappa shape index (κ3) is 2.87. The quantitative estimate of drug-likeness (QED) is 0.536. The van der Waals surface area contributed by atoms with E-state index in [1.54, 1.807) is 12.3 Å². The van der Waals surface area contributed by atoms with Crippen molar-refractivity contribution in [3.8, 4) is 0 Å². The second kappa shape index (κ2) is 6.77. The van der Waals surface area contributed by atoms with Crippen LogP contribution in [0.4, 0.5) is 0 Å². The summed E-state index contributed by atoms with van der Waals surface area (Å²) in [6, 6.07) is 14.6. The lowest BCUT2D eigenvalue weighted by molar-refractivity contribution is 0.0694. The van der Waals surface area contributed by atoms with Crippen molar-refractivity contribution in [2.45, 2.75) is 19.9 Å². The van der Waals surface area contributed by atoms with Gasteiger partial charge in [0.05, 0.1) is 5.39 Å². The highest BCUT2D eigenvalue weighted by molar-refractivity contribution is 5.91. The van der Waals surface area contributed by atoms with Crippen LogP contribution in [0.15, 0.2) is 59.5 Å². The van der Waals surface area contributed by atoms with Crippen molar-refractivity contribution in [3.05, 3.63) is 87.3 Å². The van der Waals surface area contributed by atoms with Gasteiger partial charge in [-0.25, -0.2) is 9.78 Å². The summed E-state index contributed by atoms with van der Waals surface area (Å²) in [5.74, 6) is -1.24. The first-order valence-corrected chi connectivity index (χ1v) is 8.84. The number of pyridine rings is 2. The summed E-state index contributed by atoms with van der Waals surface area (Å²) in [5.41, 5.74) is 1.97. The number of aromatic carboxylic acids is 1. The summed E-state index contributed by atoms with van der Waals surface area (Å²) in [4.78, 5) is 29.3. The van der Waals surface area contributed by atoms with Gasteiger partial charge in [-0.1, -0.05) is 36.4 Å². The Kier molecular flexibility index (Phi) is 4.27. The van der Waals surface area contributed by atoms with Gasteiger partial charge in [0.2, 0.25) is 0 Å². The molecule has 0 fully saturated rings. The number of hydrogen-bond acceptors (Lipinski definition) is 4. The molecular formula is C21H18N4O3. The average Bonchev–Trinajstić information content (AvgIpc) is 2.68. The van der Waals surface area contributed by atoms with Crippen molar-refractivity contribution in [2.24, 2.45) is 0 Å². The molecule has 28 heavy (non-hydrogen) atoms. The van der Waals surface area contributed by atoms with E-state index in [0.29, 0.717) is 24.3 Å². The molecule has 0 aliphatic carbocycles. The van der Waals surface area contributed by atoms with Crippen LogP contribution in [0.25, 0.3) is 16.7 Å². The molecule has 4 aromatic rings. The lowest BCUT2D eigenvalue weighted by Gasteiger charge is -2.14. The Morgan fingerprint density at radius 1 is 1.14 bits per heavy atom. The minimum absolute atomic E-state index is 0.166. The molecule has 4 rings (SSSR count). The van der Waals surface area contributed by atoms with Gasteiger partial charge in [0, 0.05) is 12.7 Å². The fraction of sp³-hybridized carbons (Fsp3) is 0.143. The van der Waals surface area contributed by atoms with Crippen molar-refractivity contribution in [1.82, 2.24) is 14.0 Å². The van der Waals surface area contributed by atoms with E-state index in [0.717, 1.165) is 11.1 Å². The van der Waals surface area contributed by atoms with Gasteiger partial charge in [-0.15, -0.1) is 0 Å². The number of nitrogens with one attached hydrogen (secondary N) is 1. The molecule has 3 heterocycles. The molecule has 7 heteroatoms. The maximum Gasteiger partial charge on any atom is 0.339 e. The second-order valence-corrected chi connectivity index (χ2v) is 6.64. The molecule has 0 saturated carbocycles. The van der Waals surface area contributed by atoms with Gasteiger partial charge in [-0.2, -0.15) is 0 Å². The van der Waals surface area contributed by atoms with Gasteiger partial charge in [0.15, 0.2) is 0 Å². The minimum atomic E-state index is -1.24. The Morgan fingerprint density at radius 3 is 2.61 bits per heavy atom. The molecule has 0 saturated heterocycles. The molecule has 0 aliphatic heterocycles. The predicted octanol–water partition coefficient (Wildman–Crippen LogP) is 2.38. The molecule has 0 unspecified atom stereocenters. The van der Waals surface area contributed by atoms with E-state index in [9.17, 15) is 14.7 Å². The Hall–Kier alpha value is -3.74. The molecule has 2 N–H and O–H groups in total. The highest BCUT2D eigenvalue weighted by Gasteiger charge is 2.17. The third-order valence-corrected chi connectivity index (χ3v) is 4.83. The Morgan fingerprint density at radius 2 is 1.89 bits per heavy atom. The van der Waals surface area contributed by atoms with Crippen LogP contribution in [0.1, 0.15) is 21.5 Å². The molecular weight excluding hydrogens is 356 g/mol. The highest BCUT2D eigenvalue weighted by Crippen LogP contribution is 2.13. The smallest absolute Gasteiger partial charge is 0.339 e. The molecule has 0 bridgehead atoms. The van der Waals surface area contributed by atoms with Crippen LogP contribution in [0.2, 0.25) is 0 Å². The highest BCUT2D eigenvalue weighted by atomic mass is 16.4. The van der Waals surface area contributed by atoms with E-state index in [2.05, 4.69) is 4.98 Å². The van der Waals surface area contributed by atoms with E-state index in [1.165, 1.54) is 15.0 Å². The zero-order valence-electron chi connectivity index (χ0n) is 15.2. The number of rotatable bonds is 4. The monoisotopic (exact) mass is 374 g/mol. The average molecular weight is 374 g/mol. The van der Waals surface area contributed by atoms with Gasteiger partial charge >= 0.3 is 5.97 Å². The summed E-state index contributed by atoms with van der Waals surface area (Å²) in [6.45, 7) is 2.20. The van der Waals surface area contributed by atoms with Crippen LogP contribution in [0, 0.1) is 12.3 Å². The second-order valence-electron chi connectivity index (χ2n) is 6.64. The van der Waals surface area contributed by atoms with Crippen LogP contribution in [0.5, 0.6) is 0 Å². The first kappa shape index (κ1) is 17.7. The van der Waals surface area contributed by atoms with Gasteiger partial charge in [-0.05, 0) is 36.6 Å². The van der Waals surface area contributed by atoms with E-state index in [1.807, 2.05) is 43.3 Å². The van der Waals surface area contributed by atoms with Gasteiger partial charge < -0.3 is 9.67 Å². The van der Waals surface area contributed by atoms with Gasteiger partial charge in [0.25, 0.3) is 5.56 Å². The van der Waals surface area contributed by atoms with Crippen LogP contribution in [0.3, 0.4) is 0 Å². The number of carbonyl (C=O) groups is 1. The summed E-state index contributed by atoms with van der Waals surface area (Å²) in [5, 5.41) is 18.1. The fourth-order valence-corrected chi connectivity index (χ4v) is 3.36. The number of benzene rings is 1. The normalized spacial score (nSPS) is 11.2. The standard InChI is InChI=1S/C21H18N4O3/c1-13-6-5-10-25-18(13)23-19-16(20(25)26)12-15(21(27)28)17(22)24(19)11-9-14-7-3-2-4-8-14/h2-8,10,12,22H,9,11H2,1H3,(H,27,28). The van der Waals surface area contributed by atoms with Gasteiger partial charge in [0.1, 0.15) is 22.3 Å². The third-order valence-electron chi connectivity index (χ3n) is 4.83. The summed E-state index contributed by atoms with van der Waals surface area (Å²) in [6.07, 6.45) is 2.20. The summed E-state index contributed by atoms with van der Waals surface area (Å²) in [7, 11) is 0. The molecule has 0 aliphatic rings. The molecule has 1 aromatic carbocycles. The maximum atomic E-state index is 13.0. The minimum Gasteiger partial charge on any atom is -0.478 e. The summed E-state index contributed by atoms with van der Waals surface area (Å²) >= 11 is 0. The number of fused-ring (bicyclic) bond motifs is 2. The van der Waals surface area contributed by atoms with E-state index >= 15 is 0 Å². The van der Waals surface area contributed by atoms with E-state index in [-0.39, 0.29) is 22.0 Å². The topological polar surface area (TPSA) is 100 Å². The molecule has 3 aromatic heterocycles. The van der Waals surface area contributed by atoms with Crippen molar-refractivity contribution >= 4 is 22.6 Å². The number of carboxylic acids is 1. The number of aromatic nitrogens is 3. The SMILES string of the molecule is Cc1cccn2c(=O)c3cc(C(=O)O)c(=N)n(CCc4ccccc4)c3nc12. The molecule has 0 atom stereocenters. The number of hydrogen-bond donors (Lipinski definition) is 2. The van der Waals surface area contributed by atoms with Crippen molar-refractivity contribution in [3.63, 3.8) is 0 Å². The van der Waals surface area contributed by atoms with Gasteiger partial charge in [-0.3, -0.25) is 14.6 Å². The predicted molar refractivity (Wildman–Crippen MR) is 105 cm³/mol. The Balaban J connectivity index is 2.02. The number of carboxylic acid groups (broad SMARTS) is 1. The van der Waals surface area contributed by atoms with Crippen LogP contribution in [-0.2, 0) is 13.0 Å². The maximum absolute atomic E-state index is 13.0. The van der Waals surface area contributed by atoms with E-state index in [4.69, 9.17) is 5.41 Å². The number of aryl methyl sites for hydroxylation is 3. The zero-order chi connectivity index (χ0) is 19.8. The van der Waals surface area contributed by atoms with Crippen molar-refractivity contribution in [1.29, 1.82) is 5.41 Å².